The summed E-state index contributed by atoms with van der Waals surface area (Å²) < 4.78 is 5.13. The third-order valence-electron chi connectivity index (χ3n) is 11.4. The fraction of sp³-hybridized carbons (Fsp3) is 0. The van der Waals surface area contributed by atoms with Crippen LogP contribution in [0.25, 0.3) is 69.6 Å². The molecule has 0 aliphatic carbocycles. The molecule has 0 bridgehead atoms. The minimum Gasteiger partial charge on any atom is -0.310 e. The number of fused-ring (bicyclic) bond motifs is 11. The Hall–Kier alpha value is -7.14. The largest absolute Gasteiger partial charge is 0.310 e. The van der Waals surface area contributed by atoms with Crippen LogP contribution in [-0.4, -0.2) is 4.57 Å². The Morgan fingerprint density at radius 1 is 0.393 bits per heavy atom. The third-order valence-corrected chi connectivity index (χ3v) is 12.6. The molecule has 0 amide bonds. The molecule has 0 N–H and O–H groups in total. The molecule has 1 aliphatic heterocycles. The van der Waals surface area contributed by atoms with Crippen LogP contribution in [0.5, 0.6) is 0 Å². The minimum absolute atomic E-state index is 1.09. The van der Waals surface area contributed by atoms with Crippen molar-refractivity contribution in [1.29, 1.82) is 0 Å². The van der Waals surface area contributed by atoms with Crippen LogP contribution in [-0.2, 0) is 0 Å². The highest BCUT2D eigenvalue weighted by Crippen LogP contribution is 2.55. The topological polar surface area (TPSA) is 11.4 Å². The molecule has 4 heteroatoms. The lowest BCUT2D eigenvalue weighted by Gasteiger charge is -2.35. The molecule has 0 atom stereocenters. The summed E-state index contributed by atoms with van der Waals surface area (Å²) in [5.74, 6) is 0. The summed E-state index contributed by atoms with van der Waals surface area (Å²) in [5, 5.41) is 7.61. The highest BCUT2D eigenvalue weighted by atomic mass is 32.1. The van der Waals surface area contributed by atoms with E-state index in [4.69, 9.17) is 0 Å². The van der Waals surface area contributed by atoms with Crippen molar-refractivity contribution in [3.05, 3.63) is 200 Å². The molecule has 2 aromatic heterocycles. The van der Waals surface area contributed by atoms with Gasteiger partial charge in [-0.2, -0.15) is 0 Å². The lowest BCUT2D eigenvalue weighted by molar-refractivity contribution is 1.12. The Morgan fingerprint density at radius 2 is 1.05 bits per heavy atom. The molecule has 11 aromatic rings. The van der Waals surface area contributed by atoms with E-state index in [1.54, 1.807) is 0 Å². The van der Waals surface area contributed by atoms with Crippen LogP contribution >= 0.6 is 11.3 Å². The Labute approximate surface area is 328 Å². The van der Waals surface area contributed by atoms with Gasteiger partial charge >= 0.3 is 0 Å². The Balaban J connectivity index is 1.13. The molecule has 0 radical (unpaired) electrons. The number of thiophene rings is 1. The minimum atomic E-state index is 1.09. The van der Waals surface area contributed by atoms with Crippen molar-refractivity contribution in [3.63, 3.8) is 0 Å². The van der Waals surface area contributed by atoms with Gasteiger partial charge in [0.1, 0.15) is 0 Å². The first kappa shape index (κ1) is 31.2. The van der Waals surface area contributed by atoms with Crippen LogP contribution in [0.15, 0.2) is 200 Å². The molecule has 0 saturated carbocycles. The van der Waals surface area contributed by atoms with Gasteiger partial charge in [0.25, 0.3) is 0 Å². The highest BCUT2D eigenvalue weighted by Gasteiger charge is 2.32. The number of hydrogen-bond acceptors (Lipinski definition) is 3. The smallest absolute Gasteiger partial charge is 0.0797 e. The second-order valence-corrected chi connectivity index (χ2v) is 15.6. The van der Waals surface area contributed by atoms with Crippen LogP contribution in [0.2, 0.25) is 0 Å². The molecule has 0 spiro atoms. The Morgan fingerprint density at radius 3 is 1.91 bits per heavy atom. The molecule has 9 aromatic carbocycles. The van der Waals surface area contributed by atoms with Gasteiger partial charge in [0.2, 0.25) is 0 Å². The van der Waals surface area contributed by atoms with E-state index < -0.39 is 0 Å². The van der Waals surface area contributed by atoms with Crippen LogP contribution in [0.1, 0.15) is 0 Å². The maximum absolute atomic E-state index is 2.55. The second-order valence-electron chi connectivity index (χ2n) is 14.5. The van der Waals surface area contributed by atoms with Gasteiger partial charge in [-0.25, -0.2) is 0 Å². The number of nitrogens with zero attached hydrogens (tertiary/aromatic N) is 3. The molecule has 0 unspecified atom stereocenters. The van der Waals surface area contributed by atoms with Crippen molar-refractivity contribution in [2.45, 2.75) is 0 Å². The first-order valence-electron chi connectivity index (χ1n) is 19.1. The molecule has 1 aliphatic rings. The molecule has 3 nitrogen and oxygen atoms in total. The maximum Gasteiger partial charge on any atom is 0.0797 e. The van der Waals surface area contributed by atoms with Gasteiger partial charge < -0.3 is 14.4 Å². The van der Waals surface area contributed by atoms with Crippen molar-refractivity contribution in [1.82, 2.24) is 4.57 Å². The molecule has 0 saturated heterocycles. The van der Waals surface area contributed by atoms with E-state index in [0.717, 1.165) is 22.7 Å². The zero-order valence-corrected chi connectivity index (χ0v) is 31.1. The lowest BCUT2D eigenvalue weighted by Crippen LogP contribution is -2.19. The summed E-state index contributed by atoms with van der Waals surface area (Å²) in [6.45, 7) is 0. The normalized spacial score (nSPS) is 12.2. The van der Waals surface area contributed by atoms with Crippen molar-refractivity contribution in [2.24, 2.45) is 0 Å². The van der Waals surface area contributed by atoms with Gasteiger partial charge in [0.15, 0.2) is 0 Å². The molecule has 12 rings (SSSR count). The van der Waals surface area contributed by atoms with E-state index in [1.165, 1.54) is 80.9 Å². The first-order valence-corrected chi connectivity index (χ1v) is 19.9. The zero-order chi connectivity index (χ0) is 36.7. The molecular weight excluding hydrogens is 699 g/mol. The zero-order valence-electron chi connectivity index (χ0n) is 30.3. The molecule has 56 heavy (non-hydrogen) atoms. The average Bonchev–Trinajstić information content (AvgIpc) is 3.82. The maximum atomic E-state index is 2.55. The lowest BCUT2D eigenvalue weighted by atomic mass is 10.0. The SMILES string of the molecule is c1ccc(-c2ccc(N(c3ccccc3)c3cccc(N4c5c(ccc6sc7ccccc7c56)-n5c6c4cccc6c4ccc6ccccc6c45)c3)cc2)cc1. The third kappa shape index (κ3) is 4.57. The molecular formula is C52H33N3S. The summed E-state index contributed by atoms with van der Waals surface area (Å²) in [6.07, 6.45) is 0. The number of benzene rings is 9. The van der Waals surface area contributed by atoms with Gasteiger partial charge in [0.05, 0.1) is 28.1 Å². The van der Waals surface area contributed by atoms with E-state index in [1.807, 2.05) is 11.3 Å². The summed E-state index contributed by atoms with van der Waals surface area (Å²) in [7, 11) is 0. The molecule has 3 heterocycles. The standard InChI is InChI=1S/C52H33N3S/c1-3-13-34(14-4-1)35-25-28-38(29-26-35)53(37-16-5-2-6-17-37)39-18-11-19-40(33-39)54-45-23-12-22-42-43-30-27-36-15-7-8-20-41(36)50(43)55(51(42)45)46-31-32-48-49(52(46)54)44-21-9-10-24-47(44)56-48/h1-33H. The Kier molecular flexibility index (Phi) is 6.80. The predicted molar refractivity (Wildman–Crippen MR) is 240 cm³/mol. The van der Waals surface area contributed by atoms with E-state index in [9.17, 15) is 0 Å². The van der Waals surface area contributed by atoms with Gasteiger partial charge in [0, 0.05) is 59.1 Å². The number of anilines is 6. The van der Waals surface area contributed by atoms with E-state index in [-0.39, 0.29) is 0 Å². The van der Waals surface area contributed by atoms with E-state index in [2.05, 4.69) is 215 Å². The highest BCUT2D eigenvalue weighted by molar-refractivity contribution is 7.26. The summed E-state index contributed by atoms with van der Waals surface area (Å²) in [5.41, 5.74) is 12.9. The van der Waals surface area contributed by atoms with E-state index >= 15 is 0 Å². The second kappa shape index (κ2) is 12.2. The van der Waals surface area contributed by atoms with Crippen molar-refractivity contribution >= 4 is 98.2 Å². The van der Waals surface area contributed by atoms with Crippen molar-refractivity contribution < 1.29 is 0 Å². The van der Waals surface area contributed by atoms with Gasteiger partial charge in [-0.05, 0) is 83.2 Å². The van der Waals surface area contributed by atoms with Crippen molar-refractivity contribution in [3.8, 4) is 16.8 Å². The molecule has 0 fully saturated rings. The number of para-hydroxylation sites is 2. The summed E-state index contributed by atoms with van der Waals surface area (Å²) in [6, 6.07) is 73.1. The monoisotopic (exact) mass is 731 g/mol. The van der Waals surface area contributed by atoms with Gasteiger partial charge in [-0.3, -0.25) is 0 Å². The van der Waals surface area contributed by atoms with Crippen LogP contribution in [0, 0.1) is 0 Å². The number of aromatic nitrogens is 1. The van der Waals surface area contributed by atoms with E-state index in [0.29, 0.717) is 0 Å². The summed E-state index contributed by atoms with van der Waals surface area (Å²) in [4.78, 5) is 4.90. The number of rotatable bonds is 5. The van der Waals surface area contributed by atoms with Gasteiger partial charge in [-0.1, -0.05) is 133 Å². The average molecular weight is 732 g/mol. The van der Waals surface area contributed by atoms with Gasteiger partial charge in [-0.15, -0.1) is 11.3 Å². The van der Waals surface area contributed by atoms with Crippen LogP contribution in [0.4, 0.5) is 34.1 Å². The van der Waals surface area contributed by atoms with Crippen LogP contribution in [0.3, 0.4) is 0 Å². The first-order chi connectivity index (χ1) is 27.8. The number of hydrogen-bond donors (Lipinski definition) is 0. The quantitative estimate of drug-likeness (QED) is 0.175. The fourth-order valence-corrected chi connectivity index (χ4v) is 10.2. The fourth-order valence-electron chi connectivity index (χ4n) is 9.04. The molecule has 262 valence electrons. The Bertz CT molecular complexity index is 3310. The van der Waals surface area contributed by atoms with Crippen molar-refractivity contribution in [2.75, 3.05) is 9.80 Å². The van der Waals surface area contributed by atoms with Crippen LogP contribution < -0.4 is 9.80 Å². The summed E-state index contributed by atoms with van der Waals surface area (Å²) >= 11 is 1.87. The predicted octanol–water partition coefficient (Wildman–Crippen LogP) is 15.2.